The lowest BCUT2D eigenvalue weighted by Gasteiger charge is -2.23. The number of piperidine rings is 1. The molecule has 1 aromatic heterocycles. The van der Waals surface area contributed by atoms with Gasteiger partial charge in [-0.05, 0) is 56.3 Å². The summed E-state index contributed by atoms with van der Waals surface area (Å²) >= 11 is 0. The SMILES string of the molecule is COc1ccc(Nc2ncc3c(n2)-c2ccc(C(=O)NC4CCNCC4)cc2NC(=O)C3)cc1OC. The Balaban J connectivity index is 1.43. The summed E-state index contributed by atoms with van der Waals surface area (Å²) in [5, 5.41) is 12.5. The highest BCUT2D eigenvalue weighted by atomic mass is 16.5. The molecule has 0 unspecified atom stereocenters. The minimum atomic E-state index is -0.185. The van der Waals surface area contributed by atoms with E-state index in [1.165, 1.54) is 0 Å². The van der Waals surface area contributed by atoms with Crippen molar-refractivity contribution < 1.29 is 19.1 Å². The Bertz CT molecular complexity index is 1310. The molecule has 0 radical (unpaired) electrons. The van der Waals surface area contributed by atoms with Gasteiger partial charge in [0, 0.05) is 40.7 Å². The van der Waals surface area contributed by atoms with Crippen molar-refractivity contribution in [2.24, 2.45) is 0 Å². The van der Waals surface area contributed by atoms with E-state index in [1.54, 1.807) is 44.7 Å². The molecule has 10 heteroatoms. The second-order valence-electron chi connectivity index (χ2n) is 8.75. The van der Waals surface area contributed by atoms with Crippen molar-refractivity contribution in [1.29, 1.82) is 0 Å². The number of hydrogen-bond donors (Lipinski definition) is 4. The standard InChI is InChI=1S/C26H28N6O4/c1-35-21-6-4-18(13-22(21)36-2)30-26-28-14-16-12-23(33)31-20-11-15(3-5-19(20)24(16)32-26)25(34)29-17-7-9-27-10-8-17/h3-6,11,13-14,17,27H,7-10,12H2,1-2H3,(H,29,34)(H,31,33)(H,28,30,32). The molecule has 2 aliphatic rings. The van der Waals surface area contributed by atoms with Crippen molar-refractivity contribution in [1.82, 2.24) is 20.6 Å². The summed E-state index contributed by atoms with van der Waals surface area (Å²) in [6, 6.07) is 10.9. The number of benzene rings is 2. The molecule has 0 atom stereocenters. The molecule has 4 N–H and O–H groups in total. The molecular formula is C26H28N6O4. The smallest absolute Gasteiger partial charge is 0.251 e. The van der Waals surface area contributed by atoms with Crippen molar-refractivity contribution in [2.45, 2.75) is 25.3 Å². The average molecular weight is 489 g/mol. The summed E-state index contributed by atoms with van der Waals surface area (Å²) in [5.74, 6) is 1.23. The zero-order chi connectivity index (χ0) is 25.1. The fourth-order valence-corrected chi connectivity index (χ4v) is 4.47. The Hall–Kier alpha value is -4.18. The molecule has 36 heavy (non-hydrogen) atoms. The van der Waals surface area contributed by atoms with Gasteiger partial charge in [-0.3, -0.25) is 9.59 Å². The van der Waals surface area contributed by atoms with Crippen LogP contribution in [0.4, 0.5) is 17.3 Å². The fourth-order valence-electron chi connectivity index (χ4n) is 4.47. The van der Waals surface area contributed by atoms with Crippen molar-refractivity contribution >= 4 is 29.1 Å². The molecular weight excluding hydrogens is 460 g/mol. The van der Waals surface area contributed by atoms with Gasteiger partial charge in [0.2, 0.25) is 11.9 Å². The van der Waals surface area contributed by atoms with Crippen LogP contribution in [0, 0.1) is 0 Å². The maximum Gasteiger partial charge on any atom is 0.251 e. The number of nitrogens with one attached hydrogen (secondary N) is 4. The Morgan fingerprint density at radius 2 is 1.86 bits per heavy atom. The Labute approximate surface area is 208 Å². The molecule has 3 heterocycles. The van der Waals surface area contributed by atoms with E-state index in [4.69, 9.17) is 14.5 Å². The van der Waals surface area contributed by atoms with Gasteiger partial charge < -0.3 is 30.7 Å². The third kappa shape index (κ3) is 4.94. The molecule has 0 saturated carbocycles. The third-order valence-electron chi connectivity index (χ3n) is 6.34. The highest BCUT2D eigenvalue weighted by molar-refractivity contribution is 6.03. The van der Waals surface area contributed by atoms with Crippen molar-refractivity contribution in [3.63, 3.8) is 0 Å². The summed E-state index contributed by atoms with van der Waals surface area (Å²) in [7, 11) is 3.15. The largest absolute Gasteiger partial charge is 0.493 e. The molecule has 1 saturated heterocycles. The fraction of sp³-hybridized carbons (Fsp3) is 0.308. The number of nitrogens with zero attached hydrogens (tertiary/aromatic N) is 2. The zero-order valence-electron chi connectivity index (χ0n) is 20.2. The van der Waals surface area contributed by atoms with E-state index in [0.717, 1.165) is 37.2 Å². The molecule has 0 spiro atoms. The topological polar surface area (TPSA) is 127 Å². The van der Waals surface area contributed by atoms with Gasteiger partial charge in [0.15, 0.2) is 11.5 Å². The Morgan fingerprint density at radius 1 is 1.06 bits per heavy atom. The number of carbonyl (C=O) groups excluding carboxylic acids is 2. The van der Waals surface area contributed by atoms with Crippen molar-refractivity contribution in [3.05, 3.63) is 53.7 Å². The molecule has 5 rings (SSSR count). The third-order valence-corrected chi connectivity index (χ3v) is 6.34. The lowest BCUT2D eigenvalue weighted by Crippen LogP contribution is -2.42. The van der Waals surface area contributed by atoms with Crippen LogP contribution in [-0.2, 0) is 11.2 Å². The quantitative estimate of drug-likeness (QED) is 0.417. The predicted octanol–water partition coefficient (Wildman–Crippen LogP) is 2.88. The number of anilines is 3. The maximum atomic E-state index is 12.9. The molecule has 2 amide bonds. The molecule has 1 fully saturated rings. The number of ether oxygens (including phenoxy) is 2. The number of carbonyl (C=O) groups is 2. The monoisotopic (exact) mass is 488 g/mol. The lowest BCUT2D eigenvalue weighted by molar-refractivity contribution is -0.115. The lowest BCUT2D eigenvalue weighted by atomic mass is 10.0. The van der Waals surface area contributed by atoms with Crippen LogP contribution in [0.15, 0.2) is 42.6 Å². The summed E-state index contributed by atoms with van der Waals surface area (Å²) < 4.78 is 10.7. The van der Waals surface area contributed by atoms with Gasteiger partial charge in [0.25, 0.3) is 5.91 Å². The summed E-state index contributed by atoms with van der Waals surface area (Å²) in [4.78, 5) is 34.6. The number of aromatic nitrogens is 2. The van der Waals surface area contributed by atoms with Crippen LogP contribution >= 0.6 is 0 Å². The van der Waals surface area contributed by atoms with Crippen LogP contribution < -0.4 is 30.7 Å². The van der Waals surface area contributed by atoms with Crippen LogP contribution in [0.5, 0.6) is 11.5 Å². The molecule has 10 nitrogen and oxygen atoms in total. The van der Waals surface area contributed by atoms with Gasteiger partial charge >= 0.3 is 0 Å². The van der Waals surface area contributed by atoms with Crippen LogP contribution in [0.3, 0.4) is 0 Å². The van der Waals surface area contributed by atoms with Crippen molar-refractivity contribution in [3.8, 4) is 22.8 Å². The van der Waals surface area contributed by atoms with Crippen LogP contribution in [0.2, 0.25) is 0 Å². The molecule has 0 aliphatic carbocycles. The Morgan fingerprint density at radius 3 is 2.64 bits per heavy atom. The van der Waals surface area contributed by atoms with E-state index in [0.29, 0.717) is 40.0 Å². The van der Waals surface area contributed by atoms with Crippen LogP contribution in [0.1, 0.15) is 28.8 Å². The zero-order valence-corrected chi connectivity index (χ0v) is 20.2. The predicted molar refractivity (Wildman–Crippen MR) is 136 cm³/mol. The first-order chi connectivity index (χ1) is 17.5. The second-order valence-corrected chi connectivity index (χ2v) is 8.75. The number of methoxy groups -OCH3 is 2. The molecule has 186 valence electrons. The normalized spacial score (nSPS) is 15.1. The number of fused-ring (bicyclic) bond motifs is 3. The minimum absolute atomic E-state index is 0.136. The van der Waals surface area contributed by atoms with Crippen LogP contribution in [-0.4, -0.2) is 55.1 Å². The molecule has 2 aliphatic heterocycles. The van der Waals surface area contributed by atoms with E-state index in [9.17, 15) is 9.59 Å². The number of rotatable bonds is 6. The van der Waals surface area contributed by atoms with E-state index in [1.807, 2.05) is 12.1 Å². The van der Waals surface area contributed by atoms with E-state index in [-0.39, 0.29) is 24.3 Å². The summed E-state index contributed by atoms with van der Waals surface area (Å²) in [6.07, 6.45) is 3.58. The first-order valence-electron chi connectivity index (χ1n) is 11.8. The molecule has 0 bridgehead atoms. The Kier molecular flexibility index (Phi) is 6.68. The van der Waals surface area contributed by atoms with Crippen LogP contribution in [0.25, 0.3) is 11.3 Å². The maximum absolute atomic E-state index is 12.9. The summed E-state index contributed by atoms with van der Waals surface area (Å²) in [5.41, 5.74) is 3.83. The first kappa shape index (κ1) is 23.6. The van der Waals surface area contributed by atoms with Gasteiger partial charge in [0.05, 0.1) is 32.0 Å². The average Bonchev–Trinajstić information content (AvgIpc) is 3.03. The molecule has 3 aromatic rings. The van der Waals surface area contributed by atoms with Crippen molar-refractivity contribution in [2.75, 3.05) is 37.9 Å². The van der Waals surface area contributed by atoms with E-state index < -0.39 is 0 Å². The van der Waals surface area contributed by atoms with E-state index >= 15 is 0 Å². The highest BCUT2D eigenvalue weighted by Crippen LogP contribution is 2.35. The highest BCUT2D eigenvalue weighted by Gasteiger charge is 2.23. The van der Waals surface area contributed by atoms with Gasteiger partial charge in [-0.2, -0.15) is 0 Å². The molecule has 2 aromatic carbocycles. The van der Waals surface area contributed by atoms with Gasteiger partial charge in [-0.15, -0.1) is 0 Å². The number of amides is 2. The first-order valence-corrected chi connectivity index (χ1v) is 11.8. The number of hydrogen-bond acceptors (Lipinski definition) is 8. The van der Waals surface area contributed by atoms with Gasteiger partial charge in [0.1, 0.15) is 0 Å². The second kappa shape index (κ2) is 10.2. The van der Waals surface area contributed by atoms with Gasteiger partial charge in [-0.25, -0.2) is 9.97 Å². The summed E-state index contributed by atoms with van der Waals surface area (Å²) in [6.45, 7) is 1.78. The van der Waals surface area contributed by atoms with Gasteiger partial charge in [-0.1, -0.05) is 0 Å². The minimum Gasteiger partial charge on any atom is -0.493 e. The van der Waals surface area contributed by atoms with E-state index in [2.05, 4.69) is 26.3 Å².